The number of fused-ring (bicyclic) bond motifs is 1. The summed E-state index contributed by atoms with van der Waals surface area (Å²) in [6, 6.07) is -0.227. The van der Waals surface area contributed by atoms with Crippen LogP contribution in [0.15, 0.2) is 0 Å². The minimum absolute atomic E-state index is 0.227. The van der Waals surface area contributed by atoms with Crippen LogP contribution in [0.3, 0.4) is 0 Å². The van der Waals surface area contributed by atoms with Gasteiger partial charge in [0.15, 0.2) is 0 Å². The summed E-state index contributed by atoms with van der Waals surface area (Å²) in [7, 11) is 1.95. The number of hydrogen-bond acceptors (Lipinski definition) is 2. The van der Waals surface area contributed by atoms with Crippen LogP contribution in [-0.2, 0) is 4.79 Å². The molecule has 3 nitrogen and oxygen atoms in total. The zero-order valence-electron chi connectivity index (χ0n) is 8.78. The second-order valence-electron chi connectivity index (χ2n) is 4.83. The Labute approximate surface area is 85.1 Å². The summed E-state index contributed by atoms with van der Waals surface area (Å²) < 4.78 is 0. The van der Waals surface area contributed by atoms with Gasteiger partial charge >= 0.3 is 5.97 Å². The second-order valence-corrected chi connectivity index (χ2v) is 4.83. The molecular weight excluding hydrogens is 178 g/mol. The Hall–Kier alpha value is -0.570. The fourth-order valence-corrected chi connectivity index (χ4v) is 3.09. The third kappa shape index (κ3) is 1.78. The third-order valence-corrected chi connectivity index (χ3v) is 3.93. The van der Waals surface area contributed by atoms with Crippen molar-refractivity contribution in [3.63, 3.8) is 0 Å². The molecule has 3 heteroatoms. The maximum Gasteiger partial charge on any atom is 0.320 e. The summed E-state index contributed by atoms with van der Waals surface area (Å²) in [6.45, 7) is 0.988. The predicted molar refractivity (Wildman–Crippen MR) is 54.1 cm³/mol. The van der Waals surface area contributed by atoms with Crippen molar-refractivity contribution in [1.82, 2.24) is 4.90 Å². The van der Waals surface area contributed by atoms with Crippen molar-refractivity contribution in [3.05, 3.63) is 0 Å². The predicted octanol–water partition coefficient (Wildman–Crippen LogP) is 1.58. The van der Waals surface area contributed by atoms with Gasteiger partial charge in [-0.25, -0.2) is 0 Å². The number of piperidine rings is 1. The van der Waals surface area contributed by atoms with Gasteiger partial charge in [0, 0.05) is 6.54 Å². The average molecular weight is 197 g/mol. The molecule has 0 aromatic carbocycles. The lowest BCUT2D eigenvalue weighted by molar-refractivity contribution is -0.146. The van der Waals surface area contributed by atoms with E-state index in [1.165, 1.54) is 25.7 Å². The van der Waals surface area contributed by atoms with Crippen LogP contribution in [0.1, 0.15) is 32.1 Å². The number of aliphatic carboxylic acids is 1. The van der Waals surface area contributed by atoms with E-state index < -0.39 is 5.97 Å². The molecule has 0 aromatic rings. The molecule has 3 atom stereocenters. The molecule has 14 heavy (non-hydrogen) atoms. The van der Waals surface area contributed by atoms with E-state index in [9.17, 15) is 4.79 Å². The van der Waals surface area contributed by atoms with Crippen LogP contribution in [-0.4, -0.2) is 35.6 Å². The zero-order chi connectivity index (χ0) is 10.1. The van der Waals surface area contributed by atoms with Gasteiger partial charge in [0.1, 0.15) is 6.04 Å². The largest absolute Gasteiger partial charge is 0.480 e. The Kier molecular flexibility index (Phi) is 2.77. The molecule has 1 aliphatic heterocycles. The number of carboxylic acids is 1. The molecule has 1 saturated carbocycles. The molecule has 80 valence electrons. The van der Waals surface area contributed by atoms with Gasteiger partial charge < -0.3 is 5.11 Å². The van der Waals surface area contributed by atoms with Crippen molar-refractivity contribution < 1.29 is 9.90 Å². The number of nitrogens with zero attached hydrogens (tertiary/aromatic N) is 1. The standard InChI is InChI=1S/C11H19NO2/c1-12-7-9-5-3-2-4-8(9)6-10(12)11(13)14/h8-10H,2-7H2,1H3,(H,13,14). The van der Waals surface area contributed by atoms with Crippen molar-refractivity contribution in [1.29, 1.82) is 0 Å². The normalized spacial score (nSPS) is 39.1. The van der Waals surface area contributed by atoms with Gasteiger partial charge in [-0.3, -0.25) is 9.69 Å². The number of hydrogen-bond donors (Lipinski definition) is 1. The molecule has 2 fully saturated rings. The summed E-state index contributed by atoms with van der Waals surface area (Å²) in [5.41, 5.74) is 0. The minimum Gasteiger partial charge on any atom is -0.480 e. The molecule has 2 aliphatic rings. The van der Waals surface area contributed by atoms with E-state index in [0.717, 1.165) is 18.9 Å². The fraction of sp³-hybridized carbons (Fsp3) is 0.909. The SMILES string of the molecule is CN1CC2CCCCC2CC1C(=O)O. The van der Waals surface area contributed by atoms with Crippen molar-refractivity contribution in [2.75, 3.05) is 13.6 Å². The first-order valence-electron chi connectivity index (χ1n) is 5.61. The lowest BCUT2D eigenvalue weighted by atomic mass is 9.73. The number of carboxylic acid groups (broad SMARTS) is 1. The van der Waals surface area contributed by atoms with Gasteiger partial charge in [-0.15, -0.1) is 0 Å². The summed E-state index contributed by atoms with van der Waals surface area (Å²) in [4.78, 5) is 13.0. The zero-order valence-corrected chi connectivity index (χ0v) is 8.78. The Bertz CT molecular complexity index is 229. The highest BCUT2D eigenvalue weighted by atomic mass is 16.4. The maximum absolute atomic E-state index is 11.0. The first kappa shape index (κ1) is 9.97. The molecule has 0 radical (unpaired) electrons. The summed E-state index contributed by atoms with van der Waals surface area (Å²) >= 11 is 0. The van der Waals surface area contributed by atoms with E-state index in [1.54, 1.807) is 0 Å². The Morgan fingerprint density at radius 1 is 1.29 bits per heavy atom. The molecule has 0 amide bonds. The average Bonchev–Trinajstić information content (AvgIpc) is 2.16. The molecular formula is C11H19NO2. The van der Waals surface area contributed by atoms with Crippen molar-refractivity contribution in [2.24, 2.45) is 11.8 Å². The van der Waals surface area contributed by atoms with Crippen LogP contribution in [0.25, 0.3) is 0 Å². The van der Waals surface area contributed by atoms with Crippen LogP contribution < -0.4 is 0 Å². The number of likely N-dealkylation sites (tertiary alicyclic amines) is 1. The van der Waals surface area contributed by atoms with Crippen molar-refractivity contribution >= 4 is 5.97 Å². The molecule has 1 heterocycles. The van der Waals surface area contributed by atoms with E-state index in [-0.39, 0.29) is 6.04 Å². The van der Waals surface area contributed by atoms with Gasteiger partial charge in [0.05, 0.1) is 0 Å². The molecule has 0 aromatic heterocycles. The Morgan fingerprint density at radius 2 is 1.93 bits per heavy atom. The molecule has 1 N–H and O–H groups in total. The van der Waals surface area contributed by atoms with Gasteiger partial charge in [0.2, 0.25) is 0 Å². The van der Waals surface area contributed by atoms with E-state index in [1.807, 2.05) is 11.9 Å². The van der Waals surface area contributed by atoms with E-state index in [2.05, 4.69) is 0 Å². The van der Waals surface area contributed by atoms with Crippen molar-refractivity contribution in [3.8, 4) is 0 Å². The first-order valence-corrected chi connectivity index (χ1v) is 5.61. The van der Waals surface area contributed by atoms with E-state index in [4.69, 9.17) is 5.11 Å². The Balaban J connectivity index is 2.03. The molecule has 0 bridgehead atoms. The summed E-state index contributed by atoms with van der Waals surface area (Å²) in [5, 5.41) is 9.06. The summed E-state index contributed by atoms with van der Waals surface area (Å²) in [5.74, 6) is 0.807. The molecule has 3 unspecified atom stereocenters. The highest BCUT2D eigenvalue weighted by Gasteiger charge is 2.37. The summed E-state index contributed by atoms with van der Waals surface area (Å²) in [6.07, 6.45) is 6.07. The van der Waals surface area contributed by atoms with Crippen LogP contribution >= 0.6 is 0 Å². The van der Waals surface area contributed by atoms with Crippen LogP contribution in [0.5, 0.6) is 0 Å². The number of likely N-dealkylation sites (N-methyl/N-ethyl adjacent to an activating group) is 1. The lowest BCUT2D eigenvalue weighted by Gasteiger charge is -2.43. The topological polar surface area (TPSA) is 40.5 Å². The number of carbonyl (C=O) groups is 1. The highest BCUT2D eigenvalue weighted by Crippen LogP contribution is 2.37. The molecule has 1 saturated heterocycles. The van der Waals surface area contributed by atoms with Crippen molar-refractivity contribution in [2.45, 2.75) is 38.1 Å². The van der Waals surface area contributed by atoms with Gasteiger partial charge in [-0.2, -0.15) is 0 Å². The first-order chi connectivity index (χ1) is 6.68. The lowest BCUT2D eigenvalue weighted by Crippen LogP contribution is -2.49. The van der Waals surface area contributed by atoms with E-state index in [0.29, 0.717) is 5.92 Å². The third-order valence-electron chi connectivity index (χ3n) is 3.93. The Morgan fingerprint density at radius 3 is 2.57 bits per heavy atom. The van der Waals surface area contributed by atoms with Gasteiger partial charge in [-0.1, -0.05) is 19.3 Å². The van der Waals surface area contributed by atoms with Crippen LogP contribution in [0.2, 0.25) is 0 Å². The molecule has 2 rings (SSSR count). The fourth-order valence-electron chi connectivity index (χ4n) is 3.09. The second kappa shape index (κ2) is 3.89. The quantitative estimate of drug-likeness (QED) is 0.694. The van der Waals surface area contributed by atoms with E-state index >= 15 is 0 Å². The number of rotatable bonds is 1. The monoisotopic (exact) mass is 197 g/mol. The molecule has 1 aliphatic carbocycles. The van der Waals surface area contributed by atoms with Gasteiger partial charge in [-0.05, 0) is 31.7 Å². The minimum atomic E-state index is -0.642. The van der Waals surface area contributed by atoms with Crippen LogP contribution in [0, 0.1) is 11.8 Å². The smallest absolute Gasteiger partial charge is 0.320 e. The highest BCUT2D eigenvalue weighted by molar-refractivity contribution is 5.73. The maximum atomic E-state index is 11.0. The van der Waals surface area contributed by atoms with Gasteiger partial charge in [0.25, 0.3) is 0 Å². The van der Waals surface area contributed by atoms with Crippen LogP contribution in [0.4, 0.5) is 0 Å². The molecule has 0 spiro atoms.